The summed E-state index contributed by atoms with van der Waals surface area (Å²) >= 11 is 0. The Morgan fingerprint density at radius 3 is 2.48 bits per heavy atom. The number of fused-ring (bicyclic) bond motifs is 1. The van der Waals surface area contributed by atoms with Gasteiger partial charge >= 0.3 is 0 Å². The van der Waals surface area contributed by atoms with Crippen molar-refractivity contribution >= 4 is 22.4 Å². The van der Waals surface area contributed by atoms with Gasteiger partial charge in [0.15, 0.2) is 0 Å². The Hall–Kier alpha value is -2.03. The van der Waals surface area contributed by atoms with Gasteiger partial charge in [0, 0.05) is 24.2 Å². The van der Waals surface area contributed by atoms with Gasteiger partial charge in [-0.3, -0.25) is 4.79 Å². The van der Waals surface area contributed by atoms with E-state index in [4.69, 9.17) is 0 Å². The molecule has 0 radical (unpaired) electrons. The van der Waals surface area contributed by atoms with Crippen LogP contribution >= 0.6 is 0 Å². The van der Waals surface area contributed by atoms with Crippen molar-refractivity contribution in [2.24, 2.45) is 0 Å². The molecule has 0 spiro atoms. The molecule has 3 heteroatoms. The molecular weight excluding hydrogens is 260 g/mol. The lowest BCUT2D eigenvalue weighted by Crippen LogP contribution is -2.36. The number of carbonyl (C=O) groups is 1. The van der Waals surface area contributed by atoms with Crippen molar-refractivity contribution in [1.29, 1.82) is 0 Å². The lowest BCUT2D eigenvalue weighted by molar-refractivity contribution is -0.129. The second-order valence-corrected chi connectivity index (χ2v) is 5.68. The standard InChI is InChI=1S/C18H22N2O/c21-18(20-12-5-1-2-6-13-20)14-19-17-11-7-9-15-8-3-4-10-16(15)17/h3-4,7-11,19H,1-2,5-6,12-14H2. The van der Waals surface area contributed by atoms with Crippen molar-refractivity contribution in [3.63, 3.8) is 0 Å². The minimum Gasteiger partial charge on any atom is -0.376 e. The molecule has 1 aliphatic rings. The fraction of sp³-hybridized carbons (Fsp3) is 0.389. The van der Waals surface area contributed by atoms with E-state index in [-0.39, 0.29) is 5.91 Å². The Morgan fingerprint density at radius 1 is 0.952 bits per heavy atom. The average molecular weight is 282 g/mol. The van der Waals surface area contributed by atoms with E-state index < -0.39 is 0 Å². The Bertz CT molecular complexity index is 610. The number of nitrogens with one attached hydrogen (secondary N) is 1. The molecular formula is C18H22N2O. The van der Waals surface area contributed by atoms with Gasteiger partial charge in [0.05, 0.1) is 6.54 Å². The van der Waals surface area contributed by atoms with Gasteiger partial charge in [-0.05, 0) is 24.3 Å². The molecule has 1 N–H and O–H groups in total. The van der Waals surface area contributed by atoms with Crippen molar-refractivity contribution in [3.05, 3.63) is 42.5 Å². The average Bonchev–Trinajstić information content (AvgIpc) is 2.82. The van der Waals surface area contributed by atoms with Gasteiger partial charge in [0.2, 0.25) is 5.91 Å². The van der Waals surface area contributed by atoms with Crippen LogP contribution in [0.3, 0.4) is 0 Å². The summed E-state index contributed by atoms with van der Waals surface area (Å²) in [5, 5.41) is 5.68. The van der Waals surface area contributed by atoms with Crippen molar-refractivity contribution in [2.75, 3.05) is 25.0 Å². The number of amides is 1. The zero-order valence-electron chi connectivity index (χ0n) is 12.3. The van der Waals surface area contributed by atoms with Crippen LogP contribution in [-0.4, -0.2) is 30.4 Å². The van der Waals surface area contributed by atoms with Crippen molar-refractivity contribution in [1.82, 2.24) is 4.90 Å². The van der Waals surface area contributed by atoms with E-state index in [1.165, 1.54) is 23.6 Å². The fourth-order valence-corrected chi connectivity index (χ4v) is 2.98. The van der Waals surface area contributed by atoms with Gasteiger partial charge in [0.1, 0.15) is 0 Å². The van der Waals surface area contributed by atoms with Gasteiger partial charge in [-0.1, -0.05) is 49.2 Å². The molecule has 0 atom stereocenters. The smallest absolute Gasteiger partial charge is 0.241 e. The summed E-state index contributed by atoms with van der Waals surface area (Å²) < 4.78 is 0. The van der Waals surface area contributed by atoms with E-state index in [2.05, 4.69) is 23.5 Å². The third kappa shape index (κ3) is 3.35. The fourth-order valence-electron chi connectivity index (χ4n) is 2.98. The first kappa shape index (κ1) is 13.9. The predicted molar refractivity (Wildman–Crippen MR) is 87.5 cm³/mol. The molecule has 1 saturated heterocycles. The lowest BCUT2D eigenvalue weighted by Gasteiger charge is -2.21. The number of likely N-dealkylation sites (tertiary alicyclic amines) is 1. The molecule has 1 aliphatic heterocycles. The van der Waals surface area contributed by atoms with E-state index in [1.807, 2.05) is 29.2 Å². The summed E-state index contributed by atoms with van der Waals surface area (Å²) in [5.74, 6) is 0.213. The summed E-state index contributed by atoms with van der Waals surface area (Å²) in [6, 6.07) is 14.4. The molecule has 3 rings (SSSR count). The van der Waals surface area contributed by atoms with Crippen LogP contribution in [0.25, 0.3) is 10.8 Å². The summed E-state index contributed by atoms with van der Waals surface area (Å²) in [4.78, 5) is 14.3. The highest BCUT2D eigenvalue weighted by Crippen LogP contribution is 2.22. The third-order valence-electron chi connectivity index (χ3n) is 4.18. The first-order chi connectivity index (χ1) is 10.3. The molecule has 110 valence electrons. The minimum atomic E-state index is 0.213. The van der Waals surface area contributed by atoms with E-state index in [1.54, 1.807) is 0 Å². The number of rotatable bonds is 3. The van der Waals surface area contributed by atoms with Gasteiger partial charge in [-0.2, -0.15) is 0 Å². The molecule has 0 saturated carbocycles. The summed E-state index contributed by atoms with van der Waals surface area (Å²) in [6.45, 7) is 2.21. The topological polar surface area (TPSA) is 32.3 Å². The maximum atomic E-state index is 12.3. The molecule has 0 aromatic heterocycles. The highest BCUT2D eigenvalue weighted by atomic mass is 16.2. The normalized spacial score (nSPS) is 15.7. The number of anilines is 1. The zero-order valence-corrected chi connectivity index (χ0v) is 12.3. The Balaban J connectivity index is 1.67. The van der Waals surface area contributed by atoms with Crippen LogP contribution in [-0.2, 0) is 4.79 Å². The van der Waals surface area contributed by atoms with Crippen LogP contribution in [0.5, 0.6) is 0 Å². The van der Waals surface area contributed by atoms with Gasteiger partial charge < -0.3 is 10.2 Å². The van der Waals surface area contributed by atoms with E-state index in [0.717, 1.165) is 31.6 Å². The van der Waals surface area contributed by atoms with Crippen LogP contribution in [0.2, 0.25) is 0 Å². The summed E-state index contributed by atoms with van der Waals surface area (Å²) in [7, 11) is 0. The molecule has 3 nitrogen and oxygen atoms in total. The zero-order chi connectivity index (χ0) is 14.5. The molecule has 0 bridgehead atoms. The molecule has 21 heavy (non-hydrogen) atoms. The maximum Gasteiger partial charge on any atom is 0.241 e. The number of hydrogen-bond donors (Lipinski definition) is 1. The minimum absolute atomic E-state index is 0.213. The van der Waals surface area contributed by atoms with Crippen LogP contribution < -0.4 is 5.32 Å². The van der Waals surface area contributed by atoms with Crippen LogP contribution in [0.1, 0.15) is 25.7 Å². The van der Waals surface area contributed by atoms with Crippen molar-refractivity contribution in [3.8, 4) is 0 Å². The van der Waals surface area contributed by atoms with E-state index >= 15 is 0 Å². The molecule has 2 aromatic rings. The molecule has 1 fully saturated rings. The van der Waals surface area contributed by atoms with Crippen LogP contribution in [0.15, 0.2) is 42.5 Å². The molecule has 2 aromatic carbocycles. The van der Waals surface area contributed by atoms with E-state index in [9.17, 15) is 4.79 Å². The second kappa shape index (κ2) is 6.61. The lowest BCUT2D eigenvalue weighted by atomic mass is 10.1. The number of nitrogens with zero attached hydrogens (tertiary/aromatic N) is 1. The van der Waals surface area contributed by atoms with E-state index in [0.29, 0.717) is 6.54 Å². The molecule has 1 heterocycles. The summed E-state index contributed by atoms with van der Waals surface area (Å²) in [6.07, 6.45) is 4.78. The number of hydrogen-bond acceptors (Lipinski definition) is 2. The largest absolute Gasteiger partial charge is 0.376 e. The van der Waals surface area contributed by atoms with Gasteiger partial charge in [-0.25, -0.2) is 0 Å². The number of carbonyl (C=O) groups excluding carboxylic acids is 1. The van der Waals surface area contributed by atoms with Crippen LogP contribution in [0.4, 0.5) is 5.69 Å². The molecule has 1 amide bonds. The first-order valence-electron chi connectivity index (χ1n) is 7.84. The predicted octanol–water partition coefficient (Wildman–Crippen LogP) is 3.65. The Labute approximate surface area is 125 Å². The third-order valence-corrected chi connectivity index (χ3v) is 4.18. The summed E-state index contributed by atoms with van der Waals surface area (Å²) in [5.41, 5.74) is 1.04. The highest BCUT2D eigenvalue weighted by molar-refractivity contribution is 5.95. The molecule has 0 unspecified atom stereocenters. The Kier molecular flexibility index (Phi) is 4.39. The Morgan fingerprint density at radius 2 is 1.67 bits per heavy atom. The highest BCUT2D eigenvalue weighted by Gasteiger charge is 2.15. The van der Waals surface area contributed by atoms with Crippen molar-refractivity contribution in [2.45, 2.75) is 25.7 Å². The van der Waals surface area contributed by atoms with Gasteiger partial charge in [-0.15, -0.1) is 0 Å². The van der Waals surface area contributed by atoms with Crippen molar-refractivity contribution < 1.29 is 4.79 Å². The molecule has 0 aliphatic carbocycles. The monoisotopic (exact) mass is 282 g/mol. The maximum absolute atomic E-state index is 12.3. The second-order valence-electron chi connectivity index (χ2n) is 5.68. The first-order valence-corrected chi connectivity index (χ1v) is 7.84. The van der Waals surface area contributed by atoms with Gasteiger partial charge in [0.25, 0.3) is 0 Å². The quantitative estimate of drug-likeness (QED) is 0.932. The van der Waals surface area contributed by atoms with Crippen LogP contribution in [0, 0.1) is 0 Å². The number of benzene rings is 2. The SMILES string of the molecule is O=C(CNc1cccc2ccccc12)N1CCCCCC1.